The zero-order valence-electron chi connectivity index (χ0n) is 8.66. The number of carbonyl (C=O) groups excluding carboxylic acids is 2. The van der Waals surface area contributed by atoms with E-state index in [2.05, 4.69) is 5.32 Å². The van der Waals surface area contributed by atoms with Crippen molar-refractivity contribution in [2.45, 2.75) is 25.3 Å². The number of hydrogen-bond acceptors (Lipinski definition) is 4. The number of fused-ring (bicyclic) bond motifs is 1. The van der Waals surface area contributed by atoms with Crippen LogP contribution in [0.5, 0.6) is 0 Å². The van der Waals surface area contributed by atoms with Crippen LogP contribution in [0, 0.1) is 0 Å². The summed E-state index contributed by atoms with van der Waals surface area (Å²) in [7, 11) is 0. The summed E-state index contributed by atoms with van der Waals surface area (Å²) in [5, 5.41) is 4.70. The van der Waals surface area contributed by atoms with Crippen molar-refractivity contribution in [2.75, 3.05) is 0 Å². The Morgan fingerprint density at radius 3 is 3.00 bits per heavy atom. The monoisotopic (exact) mass is 239 g/mol. The topological polar surface area (TPSA) is 84.2 Å². The van der Waals surface area contributed by atoms with Gasteiger partial charge in [-0.15, -0.1) is 11.3 Å². The van der Waals surface area contributed by atoms with Crippen molar-refractivity contribution >= 4 is 23.2 Å². The van der Waals surface area contributed by atoms with Gasteiger partial charge in [-0.1, -0.05) is 0 Å². The van der Waals surface area contributed by atoms with Crippen LogP contribution in [0.4, 0.5) is 0 Å². The third kappa shape index (κ3) is 2.07. The molecule has 2 amide bonds. The number of hydrogen-bond donors (Lipinski definition) is 3. The van der Waals surface area contributed by atoms with Gasteiger partial charge in [0.15, 0.2) is 0 Å². The van der Waals surface area contributed by atoms with Crippen LogP contribution in [-0.2, 0) is 16.0 Å². The molecule has 0 bridgehead atoms. The van der Waals surface area contributed by atoms with E-state index in [4.69, 9.17) is 5.84 Å². The van der Waals surface area contributed by atoms with Crippen LogP contribution in [0.3, 0.4) is 0 Å². The lowest BCUT2D eigenvalue weighted by atomic mass is 9.94. The molecule has 0 fully saturated rings. The molecule has 0 spiro atoms. The first-order valence-corrected chi connectivity index (χ1v) is 5.98. The first-order chi connectivity index (χ1) is 7.72. The van der Waals surface area contributed by atoms with Crippen molar-refractivity contribution in [3.63, 3.8) is 0 Å². The molecule has 6 heteroatoms. The van der Waals surface area contributed by atoms with Crippen LogP contribution >= 0.6 is 11.3 Å². The fraction of sp³-hybridized carbons (Fsp3) is 0.400. The molecule has 0 saturated heterocycles. The Kier molecular flexibility index (Phi) is 3.21. The van der Waals surface area contributed by atoms with Crippen molar-refractivity contribution in [3.05, 3.63) is 21.9 Å². The molecule has 1 aliphatic carbocycles. The maximum atomic E-state index is 11.4. The number of thiophene rings is 1. The number of rotatable bonds is 1. The second kappa shape index (κ2) is 4.63. The predicted octanol–water partition coefficient (Wildman–Crippen LogP) is 0.232. The van der Waals surface area contributed by atoms with Crippen molar-refractivity contribution in [3.8, 4) is 0 Å². The van der Waals surface area contributed by atoms with Gasteiger partial charge in [0.1, 0.15) is 0 Å². The summed E-state index contributed by atoms with van der Waals surface area (Å²) in [6.45, 7) is 0. The van der Waals surface area contributed by atoms with Gasteiger partial charge in [-0.25, -0.2) is 5.84 Å². The lowest BCUT2D eigenvalue weighted by Crippen LogP contribution is -2.44. The lowest BCUT2D eigenvalue weighted by molar-refractivity contribution is -0.139. The maximum absolute atomic E-state index is 11.4. The van der Waals surface area contributed by atoms with Crippen molar-refractivity contribution in [1.82, 2.24) is 10.7 Å². The molecule has 1 unspecified atom stereocenters. The van der Waals surface area contributed by atoms with E-state index in [9.17, 15) is 9.59 Å². The van der Waals surface area contributed by atoms with Crippen LogP contribution in [0.15, 0.2) is 11.4 Å². The highest BCUT2D eigenvalue weighted by Crippen LogP contribution is 2.33. The molecular weight excluding hydrogens is 226 g/mol. The molecule has 0 radical (unpaired) electrons. The molecule has 2 rings (SSSR count). The van der Waals surface area contributed by atoms with Gasteiger partial charge in [0.2, 0.25) is 0 Å². The number of carbonyl (C=O) groups is 2. The summed E-state index contributed by atoms with van der Waals surface area (Å²) in [6.07, 6.45) is 2.96. The number of amides is 2. The predicted molar refractivity (Wildman–Crippen MR) is 60.5 cm³/mol. The Labute approximate surface area is 97.0 Å². The van der Waals surface area contributed by atoms with E-state index < -0.39 is 11.8 Å². The van der Waals surface area contributed by atoms with Crippen molar-refractivity contribution < 1.29 is 9.59 Å². The molecule has 0 aliphatic heterocycles. The fourth-order valence-corrected chi connectivity index (χ4v) is 2.91. The van der Waals surface area contributed by atoms with Crippen molar-refractivity contribution in [1.29, 1.82) is 0 Å². The van der Waals surface area contributed by atoms with E-state index >= 15 is 0 Å². The number of nitrogens with one attached hydrogen (secondary N) is 2. The minimum atomic E-state index is -0.803. The molecule has 0 saturated carbocycles. The third-order valence-corrected chi connectivity index (χ3v) is 3.69. The van der Waals surface area contributed by atoms with E-state index in [0.29, 0.717) is 0 Å². The van der Waals surface area contributed by atoms with Gasteiger partial charge in [-0.3, -0.25) is 15.0 Å². The van der Waals surface area contributed by atoms with Crippen LogP contribution in [0.25, 0.3) is 0 Å². The van der Waals surface area contributed by atoms with Gasteiger partial charge >= 0.3 is 11.8 Å². The van der Waals surface area contributed by atoms with Gasteiger partial charge in [-0.05, 0) is 36.3 Å². The SMILES string of the molecule is NNC(=O)C(=O)NC1CCCc2sccc21. The zero-order chi connectivity index (χ0) is 11.5. The molecule has 5 nitrogen and oxygen atoms in total. The minimum Gasteiger partial charge on any atom is -0.341 e. The average Bonchev–Trinajstić information content (AvgIpc) is 2.77. The summed E-state index contributed by atoms with van der Waals surface area (Å²) in [6, 6.07) is 1.95. The molecule has 86 valence electrons. The van der Waals surface area contributed by atoms with Gasteiger partial charge in [0, 0.05) is 4.88 Å². The summed E-state index contributed by atoms with van der Waals surface area (Å²) >= 11 is 1.69. The van der Waals surface area contributed by atoms with E-state index in [1.807, 2.05) is 16.9 Å². The van der Waals surface area contributed by atoms with Gasteiger partial charge in [0.25, 0.3) is 0 Å². The highest BCUT2D eigenvalue weighted by Gasteiger charge is 2.24. The third-order valence-electron chi connectivity index (χ3n) is 2.69. The van der Waals surface area contributed by atoms with Gasteiger partial charge < -0.3 is 5.32 Å². The average molecular weight is 239 g/mol. The quantitative estimate of drug-likeness (QED) is 0.284. The van der Waals surface area contributed by atoms with Gasteiger partial charge in [-0.2, -0.15) is 0 Å². The molecule has 1 aliphatic rings. The zero-order valence-corrected chi connectivity index (χ0v) is 9.47. The smallest absolute Gasteiger partial charge is 0.323 e. The Balaban J connectivity index is 2.08. The van der Waals surface area contributed by atoms with E-state index in [0.717, 1.165) is 24.8 Å². The Hall–Kier alpha value is -1.40. The highest BCUT2D eigenvalue weighted by atomic mass is 32.1. The molecule has 16 heavy (non-hydrogen) atoms. The molecule has 0 aromatic carbocycles. The number of aryl methyl sites for hydroxylation is 1. The van der Waals surface area contributed by atoms with E-state index in [-0.39, 0.29) is 6.04 Å². The standard InChI is InChI=1S/C10H13N3O2S/c11-13-10(15)9(14)12-7-2-1-3-8-6(7)4-5-16-8/h4-5,7H,1-3,11H2,(H,12,14)(H,13,15). The first-order valence-electron chi connectivity index (χ1n) is 5.10. The fourth-order valence-electron chi connectivity index (χ4n) is 1.93. The summed E-state index contributed by atoms with van der Waals surface area (Å²) in [5.41, 5.74) is 2.96. The highest BCUT2D eigenvalue weighted by molar-refractivity contribution is 7.10. The first kappa shape index (κ1) is 11.1. The summed E-state index contributed by atoms with van der Waals surface area (Å²) in [4.78, 5) is 23.7. The van der Waals surface area contributed by atoms with E-state index in [1.54, 1.807) is 11.3 Å². The summed E-state index contributed by atoms with van der Waals surface area (Å²) in [5.74, 6) is 3.42. The largest absolute Gasteiger partial charge is 0.341 e. The van der Waals surface area contributed by atoms with E-state index in [1.165, 1.54) is 4.88 Å². The molecule has 4 N–H and O–H groups in total. The van der Waals surface area contributed by atoms with Crippen LogP contribution in [0.1, 0.15) is 29.3 Å². The molecule has 1 heterocycles. The molecule has 1 aromatic rings. The Bertz CT molecular complexity index is 416. The number of nitrogens with two attached hydrogens (primary N) is 1. The maximum Gasteiger partial charge on any atom is 0.323 e. The van der Waals surface area contributed by atoms with Gasteiger partial charge in [0.05, 0.1) is 6.04 Å². The second-order valence-corrected chi connectivity index (χ2v) is 4.69. The Morgan fingerprint density at radius 1 is 1.44 bits per heavy atom. The Morgan fingerprint density at radius 2 is 2.25 bits per heavy atom. The van der Waals surface area contributed by atoms with Crippen LogP contribution in [-0.4, -0.2) is 11.8 Å². The second-order valence-electron chi connectivity index (χ2n) is 3.69. The summed E-state index contributed by atoms with van der Waals surface area (Å²) < 4.78 is 0. The molecular formula is C10H13N3O2S. The number of hydrazine groups is 1. The normalized spacial score (nSPS) is 18.7. The molecule has 1 atom stereocenters. The lowest BCUT2D eigenvalue weighted by Gasteiger charge is -2.23. The van der Waals surface area contributed by atoms with Crippen LogP contribution in [0.2, 0.25) is 0 Å². The molecule has 1 aromatic heterocycles. The van der Waals surface area contributed by atoms with Crippen LogP contribution < -0.4 is 16.6 Å². The minimum absolute atomic E-state index is 0.0557. The van der Waals surface area contributed by atoms with Crippen molar-refractivity contribution in [2.24, 2.45) is 5.84 Å².